The fourth-order valence-corrected chi connectivity index (χ4v) is 3.48. The molecule has 0 saturated carbocycles. The number of benzene rings is 1. The third-order valence-corrected chi connectivity index (χ3v) is 5.21. The minimum absolute atomic E-state index is 0.0347. The van der Waals surface area contributed by atoms with Gasteiger partial charge in [-0.15, -0.1) is 0 Å². The highest BCUT2D eigenvalue weighted by Crippen LogP contribution is 2.35. The van der Waals surface area contributed by atoms with Crippen LogP contribution in [0, 0.1) is 11.6 Å². The van der Waals surface area contributed by atoms with Gasteiger partial charge >= 0.3 is 0 Å². The van der Waals surface area contributed by atoms with Crippen LogP contribution in [0.1, 0.15) is 57.7 Å². The molecule has 1 aromatic carbocycles. The van der Waals surface area contributed by atoms with Crippen LogP contribution < -0.4 is 10.6 Å². The van der Waals surface area contributed by atoms with E-state index >= 15 is 0 Å². The van der Waals surface area contributed by atoms with Gasteiger partial charge in [0.15, 0.2) is 0 Å². The first-order chi connectivity index (χ1) is 13.6. The summed E-state index contributed by atoms with van der Waals surface area (Å²) in [5, 5.41) is 16.3. The summed E-state index contributed by atoms with van der Waals surface area (Å²) in [5.41, 5.74) is -0.778. The van der Waals surface area contributed by atoms with Crippen LogP contribution in [0.15, 0.2) is 36.3 Å². The van der Waals surface area contributed by atoms with E-state index in [4.69, 9.17) is 0 Å². The van der Waals surface area contributed by atoms with Crippen LogP contribution in [0.3, 0.4) is 0 Å². The summed E-state index contributed by atoms with van der Waals surface area (Å²) >= 11 is 0. The van der Waals surface area contributed by atoms with Crippen LogP contribution in [0.25, 0.3) is 11.3 Å². The standard InChI is InChI=1S/C22H26F3N3O/c1-5-13-6-14(10-26-13)28-12(2)15-7-19(24)16(8-18(15)23)20-9-17(22(3,4)25)21(29)11-27-20/h7-13,26,28-29H,5-6H2,1-4H3. The van der Waals surface area contributed by atoms with E-state index in [9.17, 15) is 18.3 Å². The Morgan fingerprint density at radius 2 is 2.00 bits per heavy atom. The first-order valence-electron chi connectivity index (χ1n) is 9.69. The van der Waals surface area contributed by atoms with Crippen molar-refractivity contribution in [3.63, 3.8) is 0 Å². The predicted octanol–water partition coefficient (Wildman–Crippen LogP) is 5.20. The molecule has 2 unspecified atom stereocenters. The summed E-state index contributed by atoms with van der Waals surface area (Å²) in [7, 11) is 0. The number of nitrogens with zero attached hydrogens (tertiary/aromatic N) is 1. The first-order valence-corrected chi connectivity index (χ1v) is 9.69. The molecular weight excluding hydrogens is 379 g/mol. The minimum Gasteiger partial charge on any atom is -0.506 e. The highest BCUT2D eigenvalue weighted by molar-refractivity contribution is 5.63. The third-order valence-electron chi connectivity index (χ3n) is 5.21. The fraction of sp³-hybridized carbons (Fsp3) is 0.409. The molecule has 0 spiro atoms. The first kappa shape index (κ1) is 21.0. The van der Waals surface area contributed by atoms with E-state index in [1.165, 1.54) is 19.9 Å². The molecule has 0 amide bonds. The molecule has 2 heterocycles. The largest absolute Gasteiger partial charge is 0.506 e. The number of hydrogen-bond acceptors (Lipinski definition) is 4. The summed E-state index contributed by atoms with van der Waals surface area (Å²) in [6.45, 7) is 6.39. The van der Waals surface area contributed by atoms with E-state index in [-0.39, 0.29) is 28.1 Å². The SMILES string of the molecule is CCC1CC(NC(C)c2cc(F)c(-c3cc(C(C)(C)F)c(O)cn3)cc2F)=CN1. The Balaban J connectivity index is 1.88. The van der Waals surface area contributed by atoms with Gasteiger partial charge < -0.3 is 15.7 Å². The second-order valence-corrected chi connectivity index (χ2v) is 7.92. The number of rotatable bonds is 6. The van der Waals surface area contributed by atoms with Gasteiger partial charge in [0.25, 0.3) is 0 Å². The van der Waals surface area contributed by atoms with Crippen molar-refractivity contribution < 1.29 is 18.3 Å². The Labute approximate surface area is 168 Å². The molecule has 2 atom stereocenters. The number of hydrogen-bond donors (Lipinski definition) is 3. The molecule has 0 saturated heterocycles. The van der Waals surface area contributed by atoms with Crippen molar-refractivity contribution >= 4 is 0 Å². The van der Waals surface area contributed by atoms with E-state index in [1.807, 2.05) is 6.20 Å². The van der Waals surface area contributed by atoms with Crippen LogP contribution in [0.4, 0.5) is 13.2 Å². The zero-order chi connectivity index (χ0) is 21.3. The number of aromatic hydroxyl groups is 1. The van der Waals surface area contributed by atoms with Gasteiger partial charge in [-0.3, -0.25) is 4.98 Å². The molecule has 1 aromatic heterocycles. The maximum absolute atomic E-state index is 14.8. The lowest BCUT2D eigenvalue weighted by atomic mass is 9.96. The van der Waals surface area contributed by atoms with E-state index < -0.39 is 23.3 Å². The van der Waals surface area contributed by atoms with E-state index in [0.717, 1.165) is 36.9 Å². The fourth-order valence-electron chi connectivity index (χ4n) is 3.48. The Bertz CT molecular complexity index is 938. The van der Waals surface area contributed by atoms with Crippen LogP contribution in [0.5, 0.6) is 5.75 Å². The van der Waals surface area contributed by atoms with Crippen LogP contribution in [-0.4, -0.2) is 16.1 Å². The van der Waals surface area contributed by atoms with Crippen molar-refractivity contribution in [2.24, 2.45) is 0 Å². The van der Waals surface area contributed by atoms with Crippen molar-refractivity contribution in [2.75, 3.05) is 0 Å². The summed E-state index contributed by atoms with van der Waals surface area (Å²) in [6, 6.07) is 3.36. The van der Waals surface area contributed by atoms with Crippen molar-refractivity contribution in [2.45, 2.75) is 58.3 Å². The van der Waals surface area contributed by atoms with Gasteiger partial charge in [0.2, 0.25) is 0 Å². The number of alkyl halides is 1. The topological polar surface area (TPSA) is 57.2 Å². The molecule has 7 heteroatoms. The van der Waals surface area contributed by atoms with Crippen LogP contribution in [-0.2, 0) is 5.67 Å². The maximum atomic E-state index is 14.8. The summed E-state index contributed by atoms with van der Waals surface area (Å²) < 4.78 is 43.9. The van der Waals surface area contributed by atoms with Gasteiger partial charge in [0, 0.05) is 41.1 Å². The lowest BCUT2D eigenvalue weighted by molar-refractivity contribution is 0.214. The normalized spacial score (nSPS) is 17.6. The molecule has 0 aliphatic carbocycles. The van der Waals surface area contributed by atoms with Gasteiger partial charge in [-0.05, 0) is 45.4 Å². The van der Waals surface area contributed by atoms with Gasteiger partial charge in [-0.25, -0.2) is 13.2 Å². The van der Waals surface area contributed by atoms with E-state index in [0.29, 0.717) is 6.04 Å². The molecule has 0 radical (unpaired) electrons. The molecule has 1 aliphatic heterocycles. The molecule has 29 heavy (non-hydrogen) atoms. The van der Waals surface area contributed by atoms with Crippen LogP contribution in [0.2, 0.25) is 0 Å². The van der Waals surface area contributed by atoms with Crippen molar-refractivity contribution in [1.82, 2.24) is 15.6 Å². The number of halogens is 3. The molecule has 3 N–H and O–H groups in total. The minimum atomic E-state index is -1.85. The molecule has 0 fully saturated rings. The van der Waals surface area contributed by atoms with Crippen molar-refractivity contribution in [3.8, 4) is 17.0 Å². The van der Waals surface area contributed by atoms with Crippen molar-refractivity contribution in [1.29, 1.82) is 0 Å². The molecule has 4 nitrogen and oxygen atoms in total. The summed E-state index contributed by atoms with van der Waals surface area (Å²) in [6.07, 6.45) is 4.70. The quantitative estimate of drug-likeness (QED) is 0.618. The van der Waals surface area contributed by atoms with Crippen LogP contribution >= 0.6 is 0 Å². The number of pyridine rings is 1. The average molecular weight is 405 g/mol. The molecule has 156 valence electrons. The monoisotopic (exact) mass is 405 g/mol. The molecular formula is C22H26F3N3O. The Kier molecular flexibility index (Phi) is 5.78. The second kappa shape index (κ2) is 7.97. The molecule has 3 rings (SSSR count). The number of aromatic nitrogens is 1. The molecule has 2 aromatic rings. The Hall–Kier alpha value is -2.70. The number of nitrogens with one attached hydrogen (secondary N) is 2. The smallest absolute Gasteiger partial charge is 0.140 e. The second-order valence-electron chi connectivity index (χ2n) is 7.92. The summed E-state index contributed by atoms with van der Waals surface area (Å²) in [4.78, 5) is 3.94. The van der Waals surface area contributed by atoms with Gasteiger partial charge in [-0.2, -0.15) is 0 Å². The maximum Gasteiger partial charge on any atom is 0.140 e. The van der Waals surface area contributed by atoms with E-state index in [1.54, 1.807) is 6.92 Å². The zero-order valence-electron chi connectivity index (χ0n) is 17.0. The lowest BCUT2D eigenvalue weighted by Gasteiger charge is -2.19. The average Bonchev–Trinajstić information content (AvgIpc) is 3.10. The Morgan fingerprint density at radius 3 is 2.62 bits per heavy atom. The zero-order valence-corrected chi connectivity index (χ0v) is 17.0. The van der Waals surface area contributed by atoms with Gasteiger partial charge in [-0.1, -0.05) is 6.92 Å². The Morgan fingerprint density at radius 1 is 1.28 bits per heavy atom. The predicted molar refractivity (Wildman–Crippen MR) is 107 cm³/mol. The van der Waals surface area contributed by atoms with Gasteiger partial charge in [0.05, 0.1) is 17.9 Å². The highest BCUT2D eigenvalue weighted by atomic mass is 19.1. The summed E-state index contributed by atoms with van der Waals surface area (Å²) in [5.74, 6) is -1.59. The molecule has 1 aliphatic rings. The van der Waals surface area contributed by atoms with E-state index in [2.05, 4.69) is 22.5 Å². The lowest BCUT2D eigenvalue weighted by Crippen LogP contribution is -2.20. The van der Waals surface area contributed by atoms with Crippen molar-refractivity contribution in [3.05, 3.63) is 59.1 Å². The highest BCUT2D eigenvalue weighted by Gasteiger charge is 2.25. The molecule has 0 bridgehead atoms. The third kappa shape index (κ3) is 4.49. The van der Waals surface area contributed by atoms with Gasteiger partial charge in [0.1, 0.15) is 23.1 Å².